The van der Waals surface area contributed by atoms with E-state index in [0.29, 0.717) is 23.5 Å². The summed E-state index contributed by atoms with van der Waals surface area (Å²) in [5, 5.41) is 5.96. The highest BCUT2D eigenvalue weighted by atomic mass is 32.2. The molecule has 1 aliphatic carbocycles. The van der Waals surface area contributed by atoms with Gasteiger partial charge >= 0.3 is 0 Å². The first-order valence-corrected chi connectivity index (χ1v) is 9.43. The zero-order valence-electron chi connectivity index (χ0n) is 13.9. The summed E-state index contributed by atoms with van der Waals surface area (Å²) in [4.78, 5) is 23.9. The van der Waals surface area contributed by atoms with Gasteiger partial charge in [0.25, 0.3) is 0 Å². The Hall–Kier alpha value is -1.49. The van der Waals surface area contributed by atoms with Crippen molar-refractivity contribution in [1.82, 2.24) is 5.32 Å². The Morgan fingerprint density at radius 2 is 1.91 bits per heavy atom. The minimum Gasteiger partial charge on any atom is -0.352 e. The van der Waals surface area contributed by atoms with Crippen molar-refractivity contribution in [3.8, 4) is 0 Å². The van der Waals surface area contributed by atoms with E-state index in [4.69, 9.17) is 0 Å². The summed E-state index contributed by atoms with van der Waals surface area (Å²) in [6.07, 6.45) is 4.73. The number of hydrogen-bond donors (Lipinski definition) is 2. The number of benzene rings is 1. The lowest BCUT2D eigenvalue weighted by Crippen LogP contribution is -2.42. The third kappa shape index (κ3) is 6.26. The fourth-order valence-corrected chi connectivity index (χ4v) is 3.56. The van der Waals surface area contributed by atoms with Crippen LogP contribution in [0.4, 0.5) is 5.69 Å². The molecule has 2 atom stereocenters. The molecule has 0 saturated heterocycles. The average Bonchev–Trinajstić information content (AvgIpc) is 2.49. The second-order valence-electron chi connectivity index (χ2n) is 6.35. The first kappa shape index (κ1) is 17.9. The molecule has 5 heteroatoms. The summed E-state index contributed by atoms with van der Waals surface area (Å²) in [7, 11) is 0. The Balaban J connectivity index is 1.65. The number of amides is 2. The third-order valence-corrected chi connectivity index (χ3v) is 5.16. The molecule has 23 heavy (non-hydrogen) atoms. The van der Waals surface area contributed by atoms with Crippen molar-refractivity contribution in [2.45, 2.75) is 45.6 Å². The molecule has 0 aliphatic heterocycles. The van der Waals surface area contributed by atoms with Crippen molar-refractivity contribution in [1.29, 1.82) is 0 Å². The van der Waals surface area contributed by atoms with Gasteiger partial charge in [-0.05, 0) is 43.4 Å². The first-order valence-electron chi connectivity index (χ1n) is 8.28. The lowest BCUT2D eigenvalue weighted by atomic mass is 9.86. The summed E-state index contributed by atoms with van der Waals surface area (Å²) in [5.74, 6) is 1.16. The van der Waals surface area contributed by atoms with E-state index in [1.807, 2.05) is 31.2 Å². The average molecular weight is 334 g/mol. The van der Waals surface area contributed by atoms with E-state index in [1.54, 1.807) is 0 Å². The molecule has 0 unspecified atom stereocenters. The lowest BCUT2D eigenvalue weighted by molar-refractivity contribution is -0.119. The fourth-order valence-electron chi connectivity index (χ4n) is 2.94. The van der Waals surface area contributed by atoms with E-state index in [9.17, 15) is 9.59 Å². The van der Waals surface area contributed by atoms with Crippen LogP contribution in [-0.2, 0) is 9.59 Å². The van der Waals surface area contributed by atoms with Crippen LogP contribution >= 0.6 is 11.8 Å². The Morgan fingerprint density at radius 3 is 2.65 bits per heavy atom. The molecule has 1 aromatic carbocycles. The van der Waals surface area contributed by atoms with Crippen LogP contribution < -0.4 is 10.6 Å². The standard InChI is InChI=1S/C18H26N2O2S/c1-13-6-5-8-15(10-13)19-17(21)11-23-12-18(22)20-16-9-4-3-7-14(16)2/h5-6,8,10,14,16H,3-4,7,9,11-12H2,1-2H3,(H,19,21)(H,20,22)/t14-,16-/m0/s1. The molecule has 1 saturated carbocycles. The number of carbonyl (C=O) groups is 2. The molecule has 1 aromatic rings. The maximum Gasteiger partial charge on any atom is 0.234 e. The van der Waals surface area contributed by atoms with Crippen LogP contribution in [0, 0.1) is 12.8 Å². The number of thioether (sulfide) groups is 1. The minimum absolute atomic E-state index is 0.0390. The van der Waals surface area contributed by atoms with Crippen LogP contribution in [0.15, 0.2) is 24.3 Å². The van der Waals surface area contributed by atoms with Gasteiger partial charge in [-0.15, -0.1) is 11.8 Å². The molecule has 2 rings (SSSR count). The van der Waals surface area contributed by atoms with E-state index >= 15 is 0 Å². The summed E-state index contributed by atoms with van der Waals surface area (Å²) in [6.45, 7) is 4.19. The van der Waals surface area contributed by atoms with Crippen LogP contribution in [0.1, 0.15) is 38.2 Å². The van der Waals surface area contributed by atoms with E-state index in [2.05, 4.69) is 17.6 Å². The molecule has 2 amide bonds. The van der Waals surface area contributed by atoms with Crippen LogP contribution in [0.2, 0.25) is 0 Å². The Bertz CT molecular complexity index is 548. The molecule has 0 aromatic heterocycles. The molecular weight excluding hydrogens is 308 g/mol. The zero-order chi connectivity index (χ0) is 16.7. The SMILES string of the molecule is Cc1cccc(NC(=O)CSCC(=O)N[C@H]2CCCC[C@@H]2C)c1. The van der Waals surface area contributed by atoms with Crippen LogP contribution in [0.25, 0.3) is 0 Å². The maximum atomic E-state index is 12.0. The molecule has 0 radical (unpaired) electrons. The number of anilines is 1. The summed E-state index contributed by atoms with van der Waals surface area (Å²) < 4.78 is 0. The molecule has 4 nitrogen and oxygen atoms in total. The van der Waals surface area contributed by atoms with Gasteiger partial charge in [0.1, 0.15) is 0 Å². The van der Waals surface area contributed by atoms with Gasteiger partial charge in [0.2, 0.25) is 11.8 Å². The smallest absolute Gasteiger partial charge is 0.234 e. The zero-order valence-corrected chi connectivity index (χ0v) is 14.7. The quantitative estimate of drug-likeness (QED) is 0.838. The number of aryl methyl sites for hydroxylation is 1. The van der Waals surface area contributed by atoms with Crippen molar-refractivity contribution in [3.05, 3.63) is 29.8 Å². The predicted octanol–water partition coefficient (Wildman–Crippen LogP) is 3.36. The second kappa shape index (κ2) is 8.96. The third-order valence-electron chi connectivity index (χ3n) is 4.23. The Kier molecular flexibility index (Phi) is 6.96. The van der Waals surface area contributed by atoms with Crippen molar-refractivity contribution in [3.63, 3.8) is 0 Å². The minimum atomic E-state index is -0.0700. The molecular formula is C18H26N2O2S. The fraction of sp³-hybridized carbons (Fsp3) is 0.556. The number of rotatable bonds is 6. The van der Waals surface area contributed by atoms with E-state index < -0.39 is 0 Å². The van der Waals surface area contributed by atoms with Crippen molar-refractivity contribution >= 4 is 29.3 Å². The van der Waals surface area contributed by atoms with Gasteiger partial charge in [0.05, 0.1) is 11.5 Å². The van der Waals surface area contributed by atoms with Gasteiger partial charge in [0.15, 0.2) is 0 Å². The largest absolute Gasteiger partial charge is 0.352 e. The predicted molar refractivity (Wildman–Crippen MR) is 96.7 cm³/mol. The van der Waals surface area contributed by atoms with Gasteiger partial charge in [-0.3, -0.25) is 9.59 Å². The molecule has 0 bridgehead atoms. The van der Waals surface area contributed by atoms with Gasteiger partial charge < -0.3 is 10.6 Å². The highest BCUT2D eigenvalue weighted by Gasteiger charge is 2.22. The normalized spacial score (nSPS) is 20.8. The van der Waals surface area contributed by atoms with Gasteiger partial charge in [-0.25, -0.2) is 0 Å². The van der Waals surface area contributed by atoms with E-state index in [0.717, 1.165) is 17.7 Å². The second-order valence-corrected chi connectivity index (χ2v) is 7.33. The molecule has 0 spiro atoms. The van der Waals surface area contributed by atoms with Gasteiger partial charge in [-0.2, -0.15) is 0 Å². The molecule has 0 heterocycles. The number of hydrogen-bond acceptors (Lipinski definition) is 3. The van der Waals surface area contributed by atoms with Crippen molar-refractivity contribution in [2.24, 2.45) is 5.92 Å². The highest BCUT2D eigenvalue weighted by Crippen LogP contribution is 2.23. The van der Waals surface area contributed by atoms with Crippen LogP contribution in [-0.4, -0.2) is 29.4 Å². The number of nitrogens with one attached hydrogen (secondary N) is 2. The lowest BCUT2D eigenvalue weighted by Gasteiger charge is -2.29. The van der Waals surface area contributed by atoms with Crippen molar-refractivity contribution < 1.29 is 9.59 Å². The Labute approximate surface area is 142 Å². The first-order chi connectivity index (χ1) is 11.0. The highest BCUT2D eigenvalue weighted by molar-refractivity contribution is 8.00. The molecule has 126 valence electrons. The molecule has 1 fully saturated rings. The van der Waals surface area contributed by atoms with E-state index in [1.165, 1.54) is 31.0 Å². The van der Waals surface area contributed by atoms with Crippen molar-refractivity contribution in [2.75, 3.05) is 16.8 Å². The maximum absolute atomic E-state index is 12.0. The summed E-state index contributed by atoms with van der Waals surface area (Å²) in [5.41, 5.74) is 1.91. The number of carbonyl (C=O) groups excluding carboxylic acids is 2. The monoisotopic (exact) mass is 334 g/mol. The molecule has 1 aliphatic rings. The summed E-state index contributed by atoms with van der Waals surface area (Å²) >= 11 is 1.36. The van der Waals surface area contributed by atoms with Crippen LogP contribution in [0.5, 0.6) is 0 Å². The topological polar surface area (TPSA) is 58.2 Å². The molecule has 2 N–H and O–H groups in total. The van der Waals surface area contributed by atoms with Crippen LogP contribution in [0.3, 0.4) is 0 Å². The van der Waals surface area contributed by atoms with Gasteiger partial charge in [0, 0.05) is 11.7 Å². The summed E-state index contributed by atoms with van der Waals surface area (Å²) in [6, 6.07) is 8.00. The van der Waals surface area contributed by atoms with E-state index in [-0.39, 0.29) is 11.8 Å². The Morgan fingerprint density at radius 1 is 1.17 bits per heavy atom. The van der Waals surface area contributed by atoms with Gasteiger partial charge in [-0.1, -0.05) is 31.9 Å².